The number of nitrogens with zero attached hydrogens (tertiary/aromatic N) is 2. The summed E-state index contributed by atoms with van der Waals surface area (Å²) in [6, 6.07) is 26.0. The van der Waals surface area contributed by atoms with Gasteiger partial charge in [-0.3, -0.25) is 19.2 Å². The number of carbonyl (C=O) groups is 4. The van der Waals surface area contributed by atoms with Crippen LogP contribution in [0.1, 0.15) is 43.0 Å². The van der Waals surface area contributed by atoms with E-state index in [2.05, 4.69) is 0 Å². The molecule has 0 radical (unpaired) electrons. The SMILES string of the molecule is COc1c2c(c(OC(F)F)c3ccccc13)C(=O)N(c1ccc(CC(=O)OC(=O)Cc3ccc(N4Cc5c(c(OC)c6ccccc6c5OC(F)F)C4=O)cc3)cc1)C2. The maximum absolute atomic E-state index is 13.7. The quantitative estimate of drug-likeness (QED) is 0.0682. The fourth-order valence-electron chi connectivity index (χ4n) is 7.76. The Bertz CT molecular complexity index is 2610. The number of halogens is 4. The van der Waals surface area contributed by atoms with Gasteiger partial charge in [0.1, 0.15) is 23.0 Å². The maximum Gasteiger partial charge on any atom is 0.387 e. The van der Waals surface area contributed by atoms with Gasteiger partial charge in [0.2, 0.25) is 0 Å². The molecule has 0 aliphatic carbocycles. The standard InChI is InChI=1S/C44H32F4N2O9/c1-55-37-27-7-3-6-10-30(27)40(59-44(47)48)36-31(37)21-49(42(36)54)25-15-11-23(12-16-25)19-33(51)57-34(52)20-24-13-17-26(18-14-24)50-22-32-35(41(50)53)39(56-2)29-9-5-4-8-28(29)38(32)58-43(45)46/h3-18,43-44H,19-22H2,1-2H3. The Balaban J connectivity index is 0.912. The molecule has 2 aliphatic heterocycles. The van der Waals surface area contributed by atoms with Crippen LogP contribution in [-0.2, 0) is 40.3 Å². The molecule has 0 atom stereocenters. The van der Waals surface area contributed by atoms with Crippen LogP contribution in [-0.4, -0.2) is 51.2 Å². The summed E-state index contributed by atoms with van der Waals surface area (Å²) < 4.78 is 80.1. The molecule has 0 bridgehead atoms. The number of hydrogen-bond acceptors (Lipinski definition) is 9. The van der Waals surface area contributed by atoms with Gasteiger partial charge in [0.25, 0.3) is 11.8 Å². The largest absolute Gasteiger partial charge is 0.496 e. The van der Waals surface area contributed by atoms with Crippen LogP contribution in [0.2, 0.25) is 0 Å². The molecule has 0 N–H and O–H groups in total. The van der Waals surface area contributed by atoms with Gasteiger partial charge in [-0.05, 0) is 35.4 Å². The number of amides is 2. The first-order valence-corrected chi connectivity index (χ1v) is 18.1. The Hall–Kier alpha value is -7.16. The first kappa shape index (κ1) is 38.7. The van der Waals surface area contributed by atoms with Crippen LogP contribution >= 0.6 is 0 Å². The molecular formula is C44H32F4N2O9. The van der Waals surface area contributed by atoms with Crippen molar-refractivity contribution in [3.05, 3.63) is 130 Å². The zero-order valence-electron chi connectivity index (χ0n) is 31.3. The third-order valence-corrected chi connectivity index (χ3v) is 10.2. The molecule has 59 heavy (non-hydrogen) atoms. The Labute approximate surface area is 333 Å². The number of rotatable bonds is 12. The molecular weight excluding hydrogens is 776 g/mol. The number of carbonyl (C=O) groups excluding carboxylic acids is 4. The molecule has 0 aromatic heterocycles. The van der Waals surface area contributed by atoms with Crippen LogP contribution in [0.15, 0.2) is 97.1 Å². The second-order valence-electron chi connectivity index (χ2n) is 13.6. The lowest BCUT2D eigenvalue weighted by Gasteiger charge is -2.16. The van der Waals surface area contributed by atoms with Crippen LogP contribution in [0.3, 0.4) is 0 Å². The number of anilines is 2. The molecule has 6 aromatic carbocycles. The molecule has 15 heteroatoms. The van der Waals surface area contributed by atoms with Crippen LogP contribution in [0, 0.1) is 0 Å². The number of ether oxygens (including phenoxy) is 5. The summed E-state index contributed by atoms with van der Waals surface area (Å²) in [5.74, 6) is -2.42. The van der Waals surface area contributed by atoms with E-state index >= 15 is 0 Å². The monoisotopic (exact) mass is 808 g/mol. The van der Waals surface area contributed by atoms with Crippen LogP contribution in [0.25, 0.3) is 21.5 Å². The van der Waals surface area contributed by atoms with E-state index < -0.39 is 37.0 Å². The number of hydrogen-bond donors (Lipinski definition) is 0. The zero-order chi connectivity index (χ0) is 41.5. The van der Waals surface area contributed by atoms with Crippen molar-refractivity contribution in [1.82, 2.24) is 0 Å². The number of esters is 2. The van der Waals surface area contributed by atoms with E-state index in [1.165, 1.54) is 24.0 Å². The fourth-order valence-corrected chi connectivity index (χ4v) is 7.76. The van der Waals surface area contributed by atoms with Crippen LogP contribution in [0.5, 0.6) is 23.0 Å². The highest BCUT2D eigenvalue weighted by molar-refractivity contribution is 6.18. The lowest BCUT2D eigenvalue weighted by atomic mass is 9.99. The van der Waals surface area contributed by atoms with E-state index in [9.17, 15) is 36.7 Å². The summed E-state index contributed by atoms with van der Waals surface area (Å²) in [7, 11) is 2.83. The van der Waals surface area contributed by atoms with Gasteiger partial charge in [-0.25, -0.2) is 0 Å². The predicted molar refractivity (Wildman–Crippen MR) is 207 cm³/mol. The second-order valence-corrected chi connectivity index (χ2v) is 13.6. The molecule has 2 heterocycles. The number of fused-ring (bicyclic) bond motifs is 4. The van der Waals surface area contributed by atoms with Crippen molar-refractivity contribution in [3.8, 4) is 23.0 Å². The molecule has 2 aliphatic rings. The number of alkyl halides is 4. The smallest absolute Gasteiger partial charge is 0.387 e. The van der Waals surface area contributed by atoms with E-state index in [0.717, 1.165) is 0 Å². The minimum absolute atomic E-state index is 0.0177. The first-order valence-electron chi connectivity index (χ1n) is 18.1. The Morgan fingerprint density at radius 2 is 0.915 bits per heavy atom. The summed E-state index contributed by atoms with van der Waals surface area (Å²) in [5, 5.41) is 1.64. The molecule has 6 aromatic rings. The topological polar surface area (TPSA) is 121 Å². The molecule has 0 saturated heterocycles. The van der Waals surface area contributed by atoms with Gasteiger partial charge < -0.3 is 33.5 Å². The first-order chi connectivity index (χ1) is 28.5. The predicted octanol–water partition coefficient (Wildman–Crippen LogP) is 8.39. The number of benzene rings is 6. The molecule has 8 rings (SSSR count). The zero-order valence-corrected chi connectivity index (χ0v) is 31.3. The Morgan fingerprint density at radius 1 is 0.542 bits per heavy atom. The average Bonchev–Trinajstić information content (AvgIpc) is 3.74. The van der Waals surface area contributed by atoms with Crippen molar-refractivity contribution in [1.29, 1.82) is 0 Å². The van der Waals surface area contributed by atoms with Gasteiger partial charge in [0.15, 0.2) is 0 Å². The van der Waals surface area contributed by atoms with E-state index in [1.54, 1.807) is 97.1 Å². The van der Waals surface area contributed by atoms with E-state index in [0.29, 0.717) is 55.4 Å². The van der Waals surface area contributed by atoms with Gasteiger partial charge in [0.05, 0.1) is 51.3 Å². The van der Waals surface area contributed by atoms with Crippen LogP contribution < -0.4 is 28.7 Å². The number of methoxy groups -OCH3 is 2. The molecule has 0 unspecified atom stereocenters. The highest BCUT2D eigenvalue weighted by Crippen LogP contribution is 2.48. The third-order valence-electron chi connectivity index (χ3n) is 10.2. The summed E-state index contributed by atoms with van der Waals surface area (Å²) in [4.78, 5) is 55.7. The summed E-state index contributed by atoms with van der Waals surface area (Å²) in [6.07, 6.45) is -0.532. The molecule has 11 nitrogen and oxygen atoms in total. The van der Waals surface area contributed by atoms with Crippen molar-refractivity contribution in [2.24, 2.45) is 0 Å². The third kappa shape index (κ3) is 7.08. The van der Waals surface area contributed by atoms with E-state index in [4.69, 9.17) is 23.7 Å². The Morgan fingerprint density at radius 3 is 1.36 bits per heavy atom. The average molecular weight is 809 g/mol. The highest BCUT2D eigenvalue weighted by Gasteiger charge is 2.39. The van der Waals surface area contributed by atoms with Gasteiger partial charge in [-0.15, -0.1) is 0 Å². The van der Waals surface area contributed by atoms with Crippen molar-refractivity contribution in [2.75, 3.05) is 24.0 Å². The Kier molecular flexibility index (Phi) is 10.3. The minimum Gasteiger partial charge on any atom is -0.496 e. The van der Waals surface area contributed by atoms with E-state index in [1.807, 2.05) is 0 Å². The van der Waals surface area contributed by atoms with Crippen LogP contribution in [0.4, 0.5) is 28.9 Å². The highest BCUT2D eigenvalue weighted by atomic mass is 19.3. The lowest BCUT2D eigenvalue weighted by molar-refractivity contribution is -0.158. The fraction of sp³-hybridized carbons (Fsp3) is 0.182. The molecule has 300 valence electrons. The lowest BCUT2D eigenvalue weighted by Crippen LogP contribution is -2.23. The maximum atomic E-state index is 13.7. The van der Waals surface area contributed by atoms with Crippen molar-refractivity contribution in [3.63, 3.8) is 0 Å². The second kappa shape index (κ2) is 15.6. The summed E-state index contributed by atoms with van der Waals surface area (Å²) >= 11 is 0. The van der Waals surface area contributed by atoms with Gasteiger partial charge >= 0.3 is 25.2 Å². The molecule has 2 amide bonds. The van der Waals surface area contributed by atoms with E-state index in [-0.39, 0.29) is 59.9 Å². The summed E-state index contributed by atoms with van der Waals surface area (Å²) in [6.45, 7) is -6.35. The van der Waals surface area contributed by atoms with Crippen molar-refractivity contribution < 1.29 is 60.4 Å². The summed E-state index contributed by atoms with van der Waals surface area (Å²) in [5.41, 5.74) is 2.55. The van der Waals surface area contributed by atoms with Gasteiger partial charge in [-0.1, -0.05) is 72.8 Å². The molecule has 0 saturated carbocycles. The molecule has 0 spiro atoms. The minimum atomic E-state index is -3.17. The van der Waals surface area contributed by atoms with Crippen molar-refractivity contribution >= 4 is 56.7 Å². The molecule has 0 fully saturated rings. The van der Waals surface area contributed by atoms with Gasteiger partial charge in [0, 0.05) is 44.0 Å². The van der Waals surface area contributed by atoms with Gasteiger partial charge in [-0.2, -0.15) is 17.6 Å². The normalized spacial score (nSPS) is 13.4. The van der Waals surface area contributed by atoms with Crippen molar-refractivity contribution in [2.45, 2.75) is 39.2 Å².